The number of piperazine rings is 1. The average Bonchev–Trinajstić information content (AvgIpc) is 2.75. The van der Waals surface area contributed by atoms with E-state index in [9.17, 15) is 23.5 Å². The van der Waals surface area contributed by atoms with Crippen LogP contribution in [0.3, 0.4) is 0 Å². The Morgan fingerprint density at radius 3 is 2.41 bits per heavy atom. The van der Waals surface area contributed by atoms with Crippen LogP contribution in [-0.4, -0.2) is 60.8 Å². The monoisotopic (exact) mass is 472 g/mol. The fourth-order valence-electron chi connectivity index (χ4n) is 4.66. The van der Waals surface area contributed by atoms with Crippen LogP contribution in [-0.2, 0) is 0 Å². The van der Waals surface area contributed by atoms with Crippen molar-refractivity contribution in [2.75, 3.05) is 18.0 Å². The Labute approximate surface area is 194 Å². The number of rotatable bonds is 3. The van der Waals surface area contributed by atoms with Crippen molar-refractivity contribution >= 4 is 22.9 Å². The molecule has 180 valence electrons. The van der Waals surface area contributed by atoms with E-state index in [1.807, 2.05) is 13.8 Å². The van der Waals surface area contributed by atoms with Crippen LogP contribution in [0.5, 0.6) is 0 Å². The summed E-state index contributed by atoms with van der Waals surface area (Å²) < 4.78 is 30.0. The van der Waals surface area contributed by atoms with Crippen molar-refractivity contribution in [2.45, 2.75) is 52.6 Å². The molecule has 9 nitrogen and oxygen atoms in total. The van der Waals surface area contributed by atoms with Gasteiger partial charge >= 0.3 is 11.8 Å². The van der Waals surface area contributed by atoms with Gasteiger partial charge in [0.05, 0.1) is 16.8 Å². The zero-order valence-electron chi connectivity index (χ0n) is 19.6. The van der Waals surface area contributed by atoms with Gasteiger partial charge in [0, 0.05) is 31.4 Å². The number of aromatic nitrogens is 4. The molecule has 0 bridgehead atoms. The van der Waals surface area contributed by atoms with Crippen molar-refractivity contribution in [1.29, 1.82) is 0 Å². The SMILES string of the molecule is Cc1ccnc(C(C)C)c1-n1c(=O)nc(N2[C@H](C)CN(C(=O)O)C[C@@H]2C)c2cc(F)c(F)nc21. The zero-order valence-corrected chi connectivity index (χ0v) is 19.6. The second-order valence-corrected chi connectivity index (χ2v) is 8.99. The molecule has 1 N–H and O–H groups in total. The molecule has 1 saturated heterocycles. The molecule has 0 spiro atoms. The van der Waals surface area contributed by atoms with Crippen LogP contribution in [0.2, 0.25) is 0 Å². The van der Waals surface area contributed by atoms with Crippen LogP contribution in [0.4, 0.5) is 19.4 Å². The molecule has 1 aliphatic rings. The number of pyridine rings is 2. The molecule has 11 heteroatoms. The van der Waals surface area contributed by atoms with E-state index in [0.717, 1.165) is 6.07 Å². The van der Waals surface area contributed by atoms with E-state index >= 15 is 0 Å². The first kappa shape index (κ1) is 23.5. The number of halogens is 2. The van der Waals surface area contributed by atoms with Gasteiger partial charge < -0.3 is 14.9 Å². The lowest BCUT2D eigenvalue weighted by Crippen LogP contribution is -2.58. The fourth-order valence-corrected chi connectivity index (χ4v) is 4.66. The molecule has 1 fully saturated rings. The van der Waals surface area contributed by atoms with Crippen LogP contribution >= 0.6 is 0 Å². The van der Waals surface area contributed by atoms with E-state index in [0.29, 0.717) is 16.9 Å². The maximum absolute atomic E-state index is 14.4. The smallest absolute Gasteiger partial charge is 0.407 e. The van der Waals surface area contributed by atoms with Gasteiger partial charge in [0.15, 0.2) is 11.5 Å². The van der Waals surface area contributed by atoms with Gasteiger partial charge in [-0.05, 0) is 44.4 Å². The second-order valence-electron chi connectivity index (χ2n) is 8.99. The topological polar surface area (TPSA) is 104 Å². The van der Waals surface area contributed by atoms with E-state index in [4.69, 9.17) is 0 Å². The number of carbonyl (C=O) groups is 1. The minimum atomic E-state index is -1.33. The first-order valence-electron chi connectivity index (χ1n) is 11.0. The summed E-state index contributed by atoms with van der Waals surface area (Å²) in [7, 11) is 0. The van der Waals surface area contributed by atoms with E-state index in [2.05, 4.69) is 15.0 Å². The molecule has 0 unspecified atom stereocenters. The Balaban J connectivity index is 2.03. The maximum Gasteiger partial charge on any atom is 0.407 e. The molecule has 0 saturated carbocycles. The molecular weight excluding hydrogens is 446 g/mol. The Kier molecular flexibility index (Phi) is 5.96. The number of hydrogen-bond acceptors (Lipinski definition) is 6. The van der Waals surface area contributed by atoms with E-state index in [-0.39, 0.29) is 47.9 Å². The summed E-state index contributed by atoms with van der Waals surface area (Å²) in [6.45, 7) is 9.55. The van der Waals surface area contributed by atoms with Gasteiger partial charge in [-0.3, -0.25) is 4.98 Å². The molecule has 0 radical (unpaired) electrons. The van der Waals surface area contributed by atoms with Crippen molar-refractivity contribution in [2.24, 2.45) is 0 Å². The van der Waals surface area contributed by atoms with Crippen molar-refractivity contribution in [3.05, 3.63) is 51.8 Å². The molecule has 4 heterocycles. The minimum absolute atomic E-state index is 0.0639. The number of fused-ring (bicyclic) bond motifs is 1. The molecule has 4 rings (SSSR count). The molecule has 2 atom stereocenters. The van der Waals surface area contributed by atoms with Gasteiger partial charge in [-0.2, -0.15) is 14.4 Å². The number of hydrogen-bond donors (Lipinski definition) is 1. The fraction of sp³-hybridized carbons (Fsp3) is 0.435. The third kappa shape index (κ3) is 3.84. The van der Waals surface area contributed by atoms with Crippen LogP contribution < -0.4 is 10.6 Å². The molecule has 0 aromatic carbocycles. The van der Waals surface area contributed by atoms with Crippen molar-refractivity contribution in [3.8, 4) is 5.69 Å². The number of nitrogens with zero attached hydrogens (tertiary/aromatic N) is 6. The molecule has 1 aliphatic heterocycles. The highest BCUT2D eigenvalue weighted by molar-refractivity contribution is 5.89. The van der Waals surface area contributed by atoms with E-state index in [1.165, 1.54) is 9.47 Å². The van der Waals surface area contributed by atoms with Gasteiger partial charge in [0.2, 0.25) is 0 Å². The molecule has 34 heavy (non-hydrogen) atoms. The summed E-state index contributed by atoms with van der Waals surface area (Å²) >= 11 is 0. The van der Waals surface area contributed by atoms with Crippen LogP contribution in [0.1, 0.15) is 44.9 Å². The van der Waals surface area contributed by atoms with Crippen molar-refractivity contribution in [3.63, 3.8) is 0 Å². The summed E-state index contributed by atoms with van der Waals surface area (Å²) in [5, 5.41) is 9.56. The number of aryl methyl sites for hydroxylation is 1. The van der Waals surface area contributed by atoms with Crippen molar-refractivity contribution < 1.29 is 18.7 Å². The first-order valence-corrected chi connectivity index (χ1v) is 11.0. The van der Waals surface area contributed by atoms with Gasteiger partial charge in [-0.15, -0.1) is 0 Å². The highest BCUT2D eigenvalue weighted by Gasteiger charge is 2.35. The van der Waals surface area contributed by atoms with E-state index in [1.54, 1.807) is 37.9 Å². The molecule has 3 aromatic heterocycles. The lowest BCUT2D eigenvalue weighted by Gasteiger charge is -2.44. The average molecular weight is 472 g/mol. The Bertz CT molecular complexity index is 1330. The number of carboxylic acid groups (broad SMARTS) is 1. The van der Waals surface area contributed by atoms with Gasteiger partial charge in [-0.1, -0.05) is 13.8 Å². The van der Waals surface area contributed by atoms with Crippen LogP contribution in [0.15, 0.2) is 23.1 Å². The predicted octanol–water partition coefficient (Wildman–Crippen LogP) is 3.46. The molecule has 0 aliphatic carbocycles. The Hall–Kier alpha value is -3.63. The minimum Gasteiger partial charge on any atom is -0.465 e. The summed E-state index contributed by atoms with van der Waals surface area (Å²) in [6, 6.07) is 1.97. The van der Waals surface area contributed by atoms with Gasteiger partial charge in [-0.25, -0.2) is 18.5 Å². The zero-order chi connectivity index (χ0) is 24.9. The summed E-state index contributed by atoms with van der Waals surface area (Å²) in [6.07, 6.45) is 0.581. The van der Waals surface area contributed by atoms with Crippen molar-refractivity contribution in [1.82, 2.24) is 24.4 Å². The Morgan fingerprint density at radius 2 is 1.82 bits per heavy atom. The predicted molar refractivity (Wildman–Crippen MR) is 123 cm³/mol. The normalized spacial score (nSPS) is 18.7. The van der Waals surface area contributed by atoms with E-state index < -0.39 is 23.5 Å². The first-order chi connectivity index (χ1) is 16.0. The molecule has 1 amide bonds. The molecule has 3 aromatic rings. The summed E-state index contributed by atoms with van der Waals surface area (Å²) in [4.78, 5) is 40.5. The highest BCUT2D eigenvalue weighted by Crippen LogP contribution is 2.32. The largest absolute Gasteiger partial charge is 0.465 e. The standard InChI is InChI=1S/C23H26F2N6O3/c1-11(2)17-18(12(3)6-7-26-17)31-20-15(8-16(24)19(25)27-20)21(28-22(31)32)30-13(4)9-29(23(33)34)10-14(30)5/h6-8,11,13-14H,9-10H2,1-5H3,(H,33,34)/t13-,14+. The van der Waals surface area contributed by atoms with Crippen LogP contribution in [0, 0.1) is 18.7 Å². The third-order valence-electron chi connectivity index (χ3n) is 6.12. The maximum atomic E-state index is 14.4. The lowest BCUT2D eigenvalue weighted by atomic mass is 10.0. The summed E-state index contributed by atoms with van der Waals surface area (Å²) in [5.41, 5.74) is 0.953. The third-order valence-corrected chi connectivity index (χ3v) is 6.12. The van der Waals surface area contributed by atoms with Gasteiger partial charge in [0.25, 0.3) is 5.95 Å². The number of anilines is 1. The number of amides is 1. The van der Waals surface area contributed by atoms with Gasteiger partial charge in [0.1, 0.15) is 5.82 Å². The quantitative estimate of drug-likeness (QED) is 0.582. The second kappa shape index (κ2) is 8.62. The molecular formula is C23H26F2N6O3. The summed E-state index contributed by atoms with van der Waals surface area (Å²) in [5.74, 6) is -2.43. The Morgan fingerprint density at radius 1 is 1.18 bits per heavy atom. The highest BCUT2D eigenvalue weighted by atomic mass is 19.2. The lowest BCUT2D eigenvalue weighted by molar-refractivity contribution is 0.128. The van der Waals surface area contributed by atoms with Crippen LogP contribution in [0.25, 0.3) is 16.7 Å².